The number of benzene rings is 2. The van der Waals surface area contributed by atoms with Gasteiger partial charge in [-0.15, -0.1) is 0 Å². The monoisotopic (exact) mass is 317 g/mol. The van der Waals surface area contributed by atoms with Crippen molar-refractivity contribution in [1.29, 1.82) is 0 Å². The molecule has 22 heavy (non-hydrogen) atoms. The predicted molar refractivity (Wildman–Crippen MR) is 84.4 cm³/mol. The zero-order chi connectivity index (χ0) is 15.9. The van der Waals surface area contributed by atoms with Crippen LogP contribution in [0.3, 0.4) is 0 Å². The van der Waals surface area contributed by atoms with Gasteiger partial charge in [-0.2, -0.15) is 8.42 Å². The minimum Gasteiger partial charge on any atom is -0.436 e. The molecule has 0 aliphatic carbocycles. The molecule has 6 heteroatoms. The largest absolute Gasteiger partial charge is 0.436 e. The van der Waals surface area contributed by atoms with Crippen LogP contribution in [-0.4, -0.2) is 19.7 Å². The number of nitrogens with zero attached hydrogens (tertiary/aromatic N) is 1. The van der Waals surface area contributed by atoms with Gasteiger partial charge >= 0.3 is 10.1 Å². The highest BCUT2D eigenvalue weighted by Crippen LogP contribution is 2.35. The topological polar surface area (TPSA) is 69.4 Å². The third-order valence-corrected chi connectivity index (χ3v) is 3.69. The minimum atomic E-state index is -3.64. The summed E-state index contributed by atoms with van der Waals surface area (Å²) in [5.41, 5.74) is 3.64. The van der Waals surface area contributed by atoms with Crippen molar-refractivity contribution in [2.45, 2.75) is 13.8 Å². The molecule has 0 aliphatic rings. The molecule has 0 saturated heterocycles. The molecule has 0 amide bonds. The van der Waals surface area contributed by atoms with E-state index in [1.165, 1.54) is 0 Å². The molecule has 0 bridgehead atoms. The van der Waals surface area contributed by atoms with Gasteiger partial charge in [0, 0.05) is 0 Å². The third-order valence-electron chi connectivity index (χ3n) is 3.22. The van der Waals surface area contributed by atoms with Crippen molar-refractivity contribution in [3.05, 3.63) is 47.5 Å². The second-order valence-electron chi connectivity index (χ2n) is 5.23. The molecule has 0 N–H and O–H groups in total. The fourth-order valence-electron chi connectivity index (χ4n) is 2.23. The lowest BCUT2D eigenvalue weighted by atomic mass is 10.1. The maximum Gasteiger partial charge on any atom is 0.306 e. The fourth-order valence-corrected chi connectivity index (χ4v) is 2.75. The first-order chi connectivity index (χ1) is 10.3. The number of hydrogen-bond donors (Lipinski definition) is 0. The number of hydrogen-bond acceptors (Lipinski definition) is 5. The molecular formula is C16H15NO4S. The van der Waals surface area contributed by atoms with Gasteiger partial charge in [0.15, 0.2) is 11.3 Å². The summed E-state index contributed by atoms with van der Waals surface area (Å²) in [6, 6.07) is 11.0. The molecule has 0 saturated carbocycles. The van der Waals surface area contributed by atoms with E-state index in [0.717, 1.165) is 11.8 Å². The highest BCUT2D eigenvalue weighted by molar-refractivity contribution is 7.86. The normalized spacial score (nSPS) is 11.8. The lowest BCUT2D eigenvalue weighted by Gasteiger charge is -2.09. The SMILES string of the molecule is Cc1ccc2nc(-c3cccc(C)c3OS(C)(=O)=O)oc2c1. The molecule has 2 aromatic carbocycles. The van der Waals surface area contributed by atoms with Crippen LogP contribution >= 0.6 is 0 Å². The summed E-state index contributed by atoms with van der Waals surface area (Å²) in [5.74, 6) is 0.580. The van der Waals surface area contributed by atoms with Crippen LogP contribution in [0.1, 0.15) is 11.1 Å². The van der Waals surface area contributed by atoms with Crippen molar-refractivity contribution < 1.29 is 17.0 Å². The van der Waals surface area contributed by atoms with E-state index >= 15 is 0 Å². The molecule has 0 unspecified atom stereocenters. The van der Waals surface area contributed by atoms with Crippen LogP contribution < -0.4 is 4.18 Å². The van der Waals surface area contributed by atoms with Gasteiger partial charge in [-0.3, -0.25) is 0 Å². The first kappa shape index (κ1) is 14.6. The van der Waals surface area contributed by atoms with E-state index in [1.54, 1.807) is 25.1 Å². The first-order valence-corrected chi connectivity index (χ1v) is 8.52. The molecule has 0 radical (unpaired) electrons. The summed E-state index contributed by atoms with van der Waals surface area (Å²) >= 11 is 0. The Hall–Kier alpha value is -2.34. The molecule has 3 rings (SSSR count). The Balaban J connectivity index is 2.19. The van der Waals surface area contributed by atoms with Gasteiger partial charge in [0.05, 0.1) is 11.8 Å². The molecule has 0 aliphatic heterocycles. The Morgan fingerprint density at radius 2 is 1.91 bits per heavy atom. The van der Waals surface area contributed by atoms with Crippen molar-refractivity contribution >= 4 is 21.2 Å². The van der Waals surface area contributed by atoms with E-state index in [1.807, 2.05) is 25.1 Å². The van der Waals surface area contributed by atoms with E-state index < -0.39 is 10.1 Å². The second-order valence-corrected chi connectivity index (χ2v) is 6.80. The Labute approximate surface area is 128 Å². The van der Waals surface area contributed by atoms with Gasteiger partial charge in [0.1, 0.15) is 5.52 Å². The number of rotatable bonds is 3. The zero-order valence-electron chi connectivity index (χ0n) is 12.5. The van der Waals surface area contributed by atoms with Crippen LogP contribution in [0.15, 0.2) is 40.8 Å². The van der Waals surface area contributed by atoms with Gasteiger partial charge in [0.2, 0.25) is 5.89 Å². The number of fused-ring (bicyclic) bond motifs is 1. The molecule has 1 aromatic heterocycles. The highest BCUT2D eigenvalue weighted by atomic mass is 32.2. The van der Waals surface area contributed by atoms with Crippen LogP contribution in [0.25, 0.3) is 22.6 Å². The average Bonchev–Trinajstić information content (AvgIpc) is 2.82. The van der Waals surface area contributed by atoms with E-state index in [4.69, 9.17) is 8.60 Å². The second kappa shape index (κ2) is 5.14. The highest BCUT2D eigenvalue weighted by Gasteiger charge is 2.18. The van der Waals surface area contributed by atoms with Crippen molar-refractivity contribution in [3.63, 3.8) is 0 Å². The summed E-state index contributed by atoms with van der Waals surface area (Å²) in [6.45, 7) is 3.74. The quantitative estimate of drug-likeness (QED) is 0.692. The summed E-state index contributed by atoms with van der Waals surface area (Å²) in [6.07, 6.45) is 1.01. The first-order valence-electron chi connectivity index (χ1n) is 6.70. The van der Waals surface area contributed by atoms with E-state index in [2.05, 4.69) is 4.98 Å². The van der Waals surface area contributed by atoms with Gasteiger partial charge < -0.3 is 8.60 Å². The Kier molecular flexibility index (Phi) is 3.41. The maximum atomic E-state index is 11.5. The summed E-state index contributed by atoms with van der Waals surface area (Å²) in [5, 5.41) is 0. The van der Waals surface area contributed by atoms with Crippen molar-refractivity contribution in [2.75, 3.05) is 6.26 Å². The molecule has 114 valence electrons. The van der Waals surface area contributed by atoms with Gasteiger partial charge in [-0.05, 0) is 43.2 Å². The smallest absolute Gasteiger partial charge is 0.306 e. The molecular weight excluding hydrogens is 302 g/mol. The minimum absolute atomic E-state index is 0.244. The lowest BCUT2D eigenvalue weighted by Crippen LogP contribution is -2.07. The summed E-state index contributed by atoms with van der Waals surface area (Å²) < 4.78 is 33.8. The zero-order valence-corrected chi connectivity index (χ0v) is 13.3. The Morgan fingerprint density at radius 3 is 2.64 bits per heavy atom. The number of oxazole rings is 1. The van der Waals surface area contributed by atoms with Crippen LogP contribution in [0, 0.1) is 13.8 Å². The van der Waals surface area contributed by atoms with Gasteiger partial charge in [0.25, 0.3) is 0 Å². The standard InChI is InChI=1S/C16H15NO4S/c1-10-7-8-13-14(9-10)20-16(17-13)12-6-4-5-11(2)15(12)21-22(3,18)19/h4-9H,1-3H3. The fraction of sp³-hybridized carbons (Fsp3) is 0.188. The van der Waals surface area contributed by atoms with E-state index in [9.17, 15) is 8.42 Å². The lowest BCUT2D eigenvalue weighted by molar-refractivity contribution is 0.490. The molecule has 5 nitrogen and oxygen atoms in total. The summed E-state index contributed by atoms with van der Waals surface area (Å²) in [7, 11) is -3.64. The molecule has 0 spiro atoms. The maximum absolute atomic E-state index is 11.5. The van der Waals surface area contributed by atoms with Crippen LogP contribution in [0.5, 0.6) is 5.75 Å². The van der Waals surface area contributed by atoms with E-state index in [0.29, 0.717) is 28.1 Å². The van der Waals surface area contributed by atoms with Gasteiger partial charge in [-0.1, -0.05) is 18.2 Å². The van der Waals surface area contributed by atoms with Crippen LogP contribution in [0.4, 0.5) is 0 Å². The number of para-hydroxylation sites is 1. The average molecular weight is 317 g/mol. The Morgan fingerprint density at radius 1 is 1.14 bits per heavy atom. The summed E-state index contributed by atoms with van der Waals surface area (Å²) in [4.78, 5) is 4.41. The van der Waals surface area contributed by atoms with Crippen molar-refractivity contribution in [3.8, 4) is 17.2 Å². The van der Waals surface area contributed by atoms with Gasteiger partial charge in [-0.25, -0.2) is 4.98 Å². The third kappa shape index (κ3) is 2.82. The van der Waals surface area contributed by atoms with E-state index in [-0.39, 0.29) is 5.75 Å². The number of aromatic nitrogens is 1. The molecule has 0 fully saturated rings. The predicted octanol–water partition coefficient (Wildman–Crippen LogP) is 3.45. The number of aryl methyl sites for hydroxylation is 2. The van der Waals surface area contributed by atoms with Crippen LogP contribution in [-0.2, 0) is 10.1 Å². The van der Waals surface area contributed by atoms with Crippen molar-refractivity contribution in [1.82, 2.24) is 4.98 Å². The molecule has 0 atom stereocenters. The molecule has 1 heterocycles. The Bertz CT molecular complexity index is 957. The van der Waals surface area contributed by atoms with Crippen LogP contribution in [0.2, 0.25) is 0 Å². The molecule has 3 aromatic rings. The van der Waals surface area contributed by atoms with Crippen molar-refractivity contribution in [2.24, 2.45) is 0 Å².